The summed E-state index contributed by atoms with van der Waals surface area (Å²) in [5.74, 6) is 0.120. The quantitative estimate of drug-likeness (QED) is 0.730. The number of nitrogens with zero attached hydrogens (tertiary/aromatic N) is 1. The summed E-state index contributed by atoms with van der Waals surface area (Å²) in [4.78, 5) is 28.2. The lowest BCUT2D eigenvalue weighted by Gasteiger charge is -2.13. The van der Waals surface area contributed by atoms with Crippen molar-refractivity contribution in [3.8, 4) is 0 Å². The second-order valence-electron chi connectivity index (χ2n) is 4.53. The van der Waals surface area contributed by atoms with Gasteiger partial charge in [0, 0.05) is 23.4 Å². The summed E-state index contributed by atoms with van der Waals surface area (Å²) in [5.41, 5.74) is 5.08. The Morgan fingerprint density at radius 2 is 2.19 bits per heavy atom. The van der Waals surface area contributed by atoms with E-state index < -0.39 is 11.2 Å². The topological polar surface area (TPSA) is 102 Å². The summed E-state index contributed by atoms with van der Waals surface area (Å²) in [6.07, 6.45) is 0. The minimum atomic E-state index is -0.535. The molecule has 21 heavy (non-hydrogen) atoms. The largest absolute Gasteiger partial charge is 0.383 e. The van der Waals surface area contributed by atoms with E-state index in [1.807, 2.05) is 19.1 Å². The van der Waals surface area contributed by atoms with E-state index in [1.54, 1.807) is 11.3 Å². The first kappa shape index (κ1) is 15.3. The highest BCUT2D eigenvalue weighted by atomic mass is 32.1. The number of rotatable bonds is 6. The molecule has 0 atom stereocenters. The number of nitrogens with two attached hydrogens (primary N) is 1. The molecular weight excluding hydrogens is 292 g/mol. The zero-order chi connectivity index (χ0) is 15.4. The highest BCUT2D eigenvalue weighted by Gasteiger charge is 2.12. The summed E-state index contributed by atoms with van der Waals surface area (Å²) in [7, 11) is 1.53. The van der Waals surface area contributed by atoms with Gasteiger partial charge in [0.05, 0.1) is 13.2 Å². The van der Waals surface area contributed by atoms with Crippen LogP contribution >= 0.6 is 11.3 Å². The van der Waals surface area contributed by atoms with Gasteiger partial charge >= 0.3 is 5.69 Å². The Morgan fingerprint density at radius 1 is 1.43 bits per heavy atom. The van der Waals surface area contributed by atoms with Crippen LogP contribution in [-0.4, -0.2) is 23.3 Å². The average molecular weight is 310 g/mol. The van der Waals surface area contributed by atoms with Crippen LogP contribution in [0, 0.1) is 6.92 Å². The van der Waals surface area contributed by atoms with Crippen LogP contribution in [0.1, 0.15) is 9.75 Å². The molecule has 2 heterocycles. The number of ether oxygens (including phenoxy) is 1. The molecule has 0 aliphatic rings. The fourth-order valence-corrected chi connectivity index (χ4v) is 2.75. The van der Waals surface area contributed by atoms with E-state index in [-0.39, 0.29) is 18.1 Å². The molecule has 0 aromatic carbocycles. The monoisotopic (exact) mass is 310 g/mol. The summed E-state index contributed by atoms with van der Waals surface area (Å²) in [6.45, 7) is 3.11. The summed E-state index contributed by atoms with van der Waals surface area (Å²) in [5, 5.41) is 3.00. The SMILES string of the molecule is COCCn1c(N)c(NCc2ccc(C)s2)c(=O)[nH]c1=O. The fraction of sp³-hybridized carbons (Fsp3) is 0.385. The van der Waals surface area contributed by atoms with Crippen molar-refractivity contribution in [3.05, 3.63) is 42.7 Å². The van der Waals surface area contributed by atoms with Crippen LogP contribution in [0.25, 0.3) is 0 Å². The van der Waals surface area contributed by atoms with Crippen LogP contribution < -0.4 is 22.3 Å². The van der Waals surface area contributed by atoms with Crippen LogP contribution in [0.15, 0.2) is 21.7 Å². The molecule has 8 heteroatoms. The zero-order valence-electron chi connectivity index (χ0n) is 11.9. The molecular formula is C13H18N4O3S. The van der Waals surface area contributed by atoms with Gasteiger partial charge in [-0.2, -0.15) is 0 Å². The highest BCUT2D eigenvalue weighted by molar-refractivity contribution is 7.11. The lowest BCUT2D eigenvalue weighted by Crippen LogP contribution is -2.34. The van der Waals surface area contributed by atoms with Crippen molar-refractivity contribution in [1.29, 1.82) is 0 Å². The van der Waals surface area contributed by atoms with E-state index >= 15 is 0 Å². The standard InChI is InChI=1S/C13H18N4O3S/c1-8-3-4-9(21-8)7-15-10-11(14)17(5-6-20-2)13(19)16-12(10)18/h3-4,15H,5-7,14H2,1-2H3,(H,16,18,19). The minimum Gasteiger partial charge on any atom is -0.383 e. The molecule has 0 bridgehead atoms. The Labute approximate surface area is 125 Å². The zero-order valence-corrected chi connectivity index (χ0v) is 12.8. The van der Waals surface area contributed by atoms with E-state index in [4.69, 9.17) is 10.5 Å². The van der Waals surface area contributed by atoms with Gasteiger partial charge < -0.3 is 15.8 Å². The van der Waals surface area contributed by atoms with Crippen molar-refractivity contribution in [2.45, 2.75) is 20.0 Å². The van der Waals surface area contributed by atoms with Gasteiger partial charge in [0.2, 0.25) is 0 Å². The summed E-state index contributed by atoms with van der Waals surface area (Å²) in [6, 6.07) is 3.99. The average Bonchev–Trinajstić information content (AvgIpc) is 2.84. The summed E-state index contributed by atoms with van der Waals surface area (Å²) < 4.78 is 6.22. The number of H-pyrrole nitrogens is 1. The number of anilines is 2. The second-order valence-corrected chi connectivity index (χ2v) is 5.90. The van der Waals surface area contributed by atoms with Gasteiger partial charge in [-0.3, -0.25) is 14.3 Å². The molecule has 0 aliphatic carbocycles. The maximum atomic E-state index is 11.9. The third kappa shape index (κ3) is 3.53. The van der Waals surface area contributed by atoms with Gasteiger partial charge in [0.15, 0.2) is 0 Å². The highest BCUT2D eigenvalue weighted by Crippen LogP contribution is 2.17. The third-order valence-corrected chi connectivity index (χ3v) is 3.99. The number of thiophene rings is 1. The molecule has 2 rings (SSSR count). The van der Waals surface area contributed by atoms with Crippen LogP contribution in [-0.2, 0) is 17.8 Å². The molecule has 2 aromatic rings. The minimum absolute atomic E-state index is 0.120. The van der Waals surface area contributed by atoms with Gasteiger partial charge in [-0.1, -0.05) is 0 Å². The lowest BCUT2D eigenvalue weighted by atomic mass is 10.4. The Kier molecular flexibility index (Phi) is 4.81. The van der Waals surface area contributed by atoms with Gasteiger partial charge in [0.25, 0.3) is 5.56 Å². The predicted molar refractivity (Wildman–Crippen MR) is 84.0 cm³/mol. The number of methoxy groups -OCH3 is 1. The molecule has 0 spiro atoms. The Hall–Kier alpha value is -2.06. The fourth-order valence-electron chi connectivity index (χ4n) is 1.92. The predicted octanol–water partition coefficient (Wildman–Crippen LogP) is 0.747. The molecule has 0 saturated carbocycles. The van der Waals surface area contributed by atoms with Crippen molar-refractivity contribution in [3.63, 3.8) is 0 Å². The number of nitrogen functional groups attached to an aromatic ring is 1. The first-order valence-corrected chi connectivity index (χ1v) is 7.25. The second kappa shape index (κ2) is 6.59. The maximum Gasteiger partial charge on any atom is 0.330 e. The van der Waals surface area contributed by atoms with Crippen LogP contribution in [0.3, 0.4) is 0 Å². The number of nitrogens with one attached hydrogen (secondary N) is 2. The number of hydrogen-bond donors (Lipinski definition) is 3. The van der Waals surface area contributed by atoms with Crippen molar-refractivity contribution in [2.24, 2.45) is 0 Å². The molecule has 0 aliphatic heterocycles. The number of aromatic amines is 1. The van der Waals surface area contributed by atoms with E-state index in [2.05, 4.69) is 10.3 Å². The van der Waals surface area contributed by atoms with Crippen LogP contribution in [0.4, 0.5) is 11.5 Å². The van der Waals surface area contributed by atoms with Gasteiger partial charge in [-0.25, -0.2) is 4.79 Å². The molecule has 0 amide bonds. The smallest absolute Gasteiger partial charge is 0.330 e. The van der Waals surface area contributed by atoms with E-state index in [0.29, 0.717) is 13.2 Å². The van der Waals surface area contributed by atoms with Crippen molar-refractivity contribution >= 4 is 22.8 Å². The van der Waals surface area contributed by atoms with Crippen molar-refractivity contribution in [1.82, 2.24) is 9.55 Å². The first-order chi connectivity index (χ1) is 10.0. The Morgan fingerprint density at radius 3 is 2.81 bits per heavy atom. The van der Waals surface area contributed by atoms with Crippen LogP contribution in [0.2, 0.25) is 0 Å². The molecule has 0 fully saturated rings. The molecule has 4 N–H and O–H groups in total. The van der Waals surface area contributed by atoms with E-state index in [0.717, 1.165) is 4.88 Å². The first-order valence-electron chi connectivity index (χ1n) is 6.43. The Bertz CT molecular complexity index is 732. The van der Waals surface area contributed by atoms with Gasteiger partial charge in [0.1, 0.15) is 11.5 Å². The number of hydrogen-bond acceptors (Lipinski definition) is 6. The molecule has 0 radical (unpaired) electrons. The molecule has 0 unspecified atom stereocenters. The molecule has 114 valence electrons. The lowest BCUT2D eigenvalue weighted by molar-refractivity contribution is 0.186. The van der Waals surface area contributed by atoms with E-state index in [9.17, 15) is 9.59 Å². The van der Waals surface area contributed by atoms with Crippen LogP contribution in [0.5, 0.6) is 0 Å². The molecule has 2 aromatic heterocycles. The van der Waals surface area contributed by atoms with Crippen molar-refractivity contribution in [2.75, 3.05) is 24.8 Å². The van der Waals surface area contributed by atoms with Gasteiger partial charge in [-0.05, 0) is 19.1 Å². The van der Waals surface area contributed by atoms with Crippen molar-refractivity contribution < 1.29 is 4.74 Å². The van der Waals surface area contributed by atoms with Gasteiger partial charge in [-0.15, -0.1) is 11.3 Å². The maximum absolute atomic E-state index is 11.9. The molecule has 0 saturated heterocycles. The normalized spacial score (nSPS) is 10.8. The third-order valence-electron chi connectivity index (χ3n) is 2.99. The number of aromatic nitrogens is 2. The Balaban J connectivity index is 2.26. The van der Waals surface area contributed by atoms with E-state index in [1.165, 1.54) is 16.6 Å². The number of aryl methyl sites for hydroxylation is 1. The summed E-state index contributed by atoms with van der Waals surface area (Å²) >= 11 is 1.64. The molecule has 7 nitrogen and oxygen atoms in total.